The van der Waals surface area contributed by atoms with E-state index in [1.54, 1.807) is 15.5 Å². The fraction of sp³-hybridized carbons (Fsp3) is 0.467. The number of carbonyl (C=O) groups is 1. The summed E-state index contributed by atoms with van der Waals surface area (Å²) in [6.07, 6.45) is 5.51. The van der Waals surface area contributed by atoms with Crippen molar-refractivity contribution in [1.29, 1.82) is 0 Å². The standard InChI is InChI=1S/C30H33ClFN6O3P/c1-3-20(39)35-12-13-37(17(2)14-35)28-23-24(38(29(40)34-28)16-30-8-4-10-36(30)11-5-9-30)25-22(27(31)33-23)21-18(15-41-25)6-7-19(32)26(21)42/h3,6-7,17H,1,4-5,8-16,42H2,2H3/t17-/m0/s1. The molecule has 3 fully saturated rings. The Kier molecular flexibility index (Phi) is 6.79. The molecule has 0 spiro atoms. The summed E-state index contributed by atoms with van der Waals surface area (Å²) in [6, 6.07) is 2.98. The Balaban J connectivity index is 1.46. The number of hydrogen-bond acceptors (Lipinski definition) is 7. The highest BCUT2D eigenvalue weighted by atomic mass is 35.5. The van der Waals surface area contributed by atoms with E-state index in [-0.39, 0.29) is 40.8 Å². The van der Waals surface area contributed by atoms with Crippen LogP contribution in [0.4, 0.5) is 10.2 Å². The van der Waals surface area contributed by atoms with Crippen molar-refractivity contribution < 1.29 is 13.9 Å². The van der Waals surface area contributed by atoms with Crippen LogP contribution >= 0.6 is 20.8 Å². The number of aromatic nitrogens is 3. The Bertz CT molecular complexity index is 1700. The van der Waals surface area contributed by atoms with Crippen LogP contribution in [-0.4, -0.2) is 74.5 Å². The van der Waals surface area contributed by atoms with Crippen LogP contribution in [0.2, 0.25) is 5.15 Å². The number of rotatable bonds is 4. The topological polar surface area (TPSA) is 83.8 Å². The molecule has 7 rings (SSSR count). The van der Waals surface area contributed by atoms with Crippen LogP contribution in [0, 0.1) is 5.82 Å². The number of pyridine rings is 1. The minimum absolute atomic E-state index is 0.124. The zero-order valence-electron chi connectivity index (χ0n) is 23.5. The number of halogens is 2. The van der Waals surface area contributed by atoms with E-state index in [4.69, 9.17) is 21.3 Å². The third-order valence-electron chi connectivity index (χ3n) is 9.55. The average molecular weight is 611 g/mol. The lowest BCUT2D eigenvalue weighted by molar-refractivity contribution is -0.126. The quantitative estimate of drug-likeness (QED) is 0.254. The number of benzene rings is 1. The summed E-state index contributed by atoms with van der Waals surface area (Å²) in [5.41, 5.74) is 2.42. The molecule has 4 aliphatic rings. The largest absolute Gasteiger partial charge is 0.486 e. The summed E-state index contributed by atoms with van der Waals surface area (Å²) in [6.45, 7) is 9.69. The van der Waals surface area contributed by atoms with Crippen molar-refractivity contribution in [3.8, 4) is 16.9 Å². The highest BCUT2D eigenvalue weighted by Crippen LogP contribution is 2.47. The minimum atomic E-state index is -0.381. The summed E-state index contributed by atoms with van der Waals surface area (Å²) >= 11 is 6.93. The molecule has 1 amide bonds. The minimum Gasteiger partial charge on any atom is -0.486 e. The second-order valence-corrected chi connectivity index (χ2v) is 12.8. The first-order valence-corrected chi connectivity index (χ1v) is 15.4. The number of anilines is 1. The fourth-order valence-corrected chi connectivity index (χ4v) is 8.21. The molecule has 0 aliphatic carbocycles. The van der Waals surface area contributed by atoms with Crippen LogP contribution in [-0.2, 0) is 17.9 Å². The normalized spacial score (nSPS) is 21.2. The molecule has 3 saturated heterocycles. The van der Waals surface area contributed by atoms with Gasteiger partial charge in [-0.3, -0.25) is 14.3 Å². The second-order valence-electron chi connectivity index (χ2n) is 11.8. The lowest BCUT2D eigenvalue weighted by atomic mass is 9.93. The zero-order chi connectivity index (χ0) is 29.3. The van der Waals surface area contributed by atoms with Gasteiger partial charge in [0.1, 0.15) is 28.6 Å². The van der Waals surface area contributed by atoms with Gasteiger partial charge in [-0.25, -0.2) is 14.2 Å². The van der Waals surface area contributed by atoms with E-state index >= 15 is 0 Å². The molecule has 6 heterocycles. The molecule has 4 aliphatic heterocycles. The van der Waals surface area contributed by atoms with Crippen molar-refractivity contribution in [3.63, 3.8) is 0 Å². The Morgan fingerprint density at radius 1 is 1.21 bits per heavy atom. The number of piperazine rings is 1. The molecule has 0 radical (unpaired) electrons. The number of fused-ring (bicyclic) bond motifs is 6. The first kappa shape index (κ1) is 27.7. The number of hydrogen-bond donors (Lipinski definition) is 0. The van der Waals surface area contributed by atoms with E-state index in [1.165, 1.54) is 12.1 Å². The van der Waals surface area contributed by atoms with E-state index in [1.807, 2.05) is 11.8 Å². The van der Waals surface area contributed by atoms with Gasteiger partial charge in [0.2, 0.25) is 5.91 Å². The molecule has 2 aromatic heterocycles. The number of amides is 1. The van der Waals surface area contributed by atoms with E-state index < -0.39 is 0 Å². The first-order valence-electron chi connectivity index (χ1n) is 14.5. The van der Waals surface area contributed by atoms with Crippen LogP contribution in [0.5, 0.6) is 5.75 Å². The van der Waals surface area contributed by atoms with Gasteiger partial charge in [0.05, 0.1) is 5.56 Å². The van der Waals surface area contributed by atoms with Crippen molar-refractivity contribution in [2.24, 2.45) is 0 Å². The lowest BCUT2D eigenvalue weighted by Gasteiger charge is -2.40. The first-order chi connectivity index (χ1) is 20.2. The second kappa shape index (κ2) is 10.3. The average Bonchev–Trinajstić information content (AvgIpc) is 3.56. The van der Waals surface area contributed by atoms with Gasteiger partial charge >= 0.3 is 5.69 Å². The summed E-state index contributed by atoms with van der Waals surface area (Å²) in [5.74, 6) is 0.345. The summed E-state index contributed by atoms with van der Waals surface area (Å²) in [5, 5.41) is 0.548. The molecule has 9 nitrogen and oxygen atoms in total. The molecule has 0 bridgehead atoms. The van der Waals surface area contributed by atoms with Crippen molar-refractivity contribution in [1.82, 2.24) is 24.3 Å². The van der Waals surface area contributed by atoms with Crippen molar-refractivity contribution in [2.45, 2.75) is 57.3 Å². The zero-order valence-corrected chi connectivity index (χ0v) is 25.4. The molecular weight excluding hydrogens is 578 g/mol. The molecule has 3 aromatic rings. The SMILES string of the molecule is C=CC(=O)N1CCN(c2nc(=O)n(CC34CCCN3CCC4)c3c4c(c(Cl)nc23)-c2c(ccc(F)c2P)CO4)[C@@H](C)C1. The van der Waals surface area contributed by atoms with Gasteiger partial charge in [-0.1, -0.05) is 24.2 Å². The third-order valence-corrected chi connectivity index (χ3v) is 10.4. The van der Waals surface area contributed by atoms with E-state index in [9.17, 15) is 14.0 Å². The Hall–Kier alpha value is -3.07. The van der Waals surface area contributed by atoms with E-state index in [2.05, 4.69) is 25.7 Å². The molecule has 220 valence electrons. The third kappa shape index (κ3) is 4.17. The number of carbonyl (C=O) groups excluding carboxylic acids is 1. The molecule has 1 unspecified atom stereocenters. The van der Waals surface area contributed by atoms with Gasteiger partial charge in [-0.2, -0.15) is 4.98 Å². The summed E-state index contributed by atoms with van der Waals surface area (Å²) in [7, 11) is 2.49. The van der Waals surface area contributed by atoms with Gasteiger partial charge in [-0.05, 0) is 63.4 Å². The molecule has 1 aromatic carbocycles. The molecule has 2 atom stereocenters. The van der Waals surface area contributed by atoms with Crippen LogP contribution in [0.25, 0.3) is 22.2 Å². The molecule has 12 heteroatoms. The van der Waals surface area contributed by atoms with Gasteiger partial charge in [0, 0.05) is 48.6 Å². The van der Waals surface area contributed by atoms with Gasteiger partial charge in [-0.15, -0.1) is 9.24 Å². The molecule has 0 saturated carbocycles. The van der Waals surface area contributed by atoms with Crippen LogP contribution in [0.15, 0.2) is 29.6 Å². The van der Waals surface area contributed by atoms with Crippen molar-refractivity contribution >= 4 is 48.9 Å². The van der Waals surface area contributed by atoms with Crippen molar-refractivity contribution in [3.05, 3.63) is 51.8 Å². The molecular formula is C30H33ClFN6O3P. The highest BCUT2D eigenvalue weighted by molar-refractivity contribution is 7.28. The van der Waals surface area contributed by atoms with E-state index in [0.29, 0.717) is 65.2 Å². The maximum absolute atomic E-state index is 14.8. The van der Waals surface area contributed by atoms with Crippen molar-refractivity contribution in [2.75, 3.05) is 37.6 Å². The Morgan fingerprint density at radius 3 is 2.69 bits per heavy atom. The Morgan fingerprint density at radius 2 is 1.98 bits per heavy atom. The maximum Gasteiger partial charge on any atom is 0.350 e. The smallest absolute Gasteiger partial charge is 0.350 e. The van der Waals surface area contributed by atoms with Gasteiger partial charge in [0.15, 0.2) is 11.6 Å². The molecule has 0 N–H and O–H groups in total. The predicted octanol–water partition coefficient (Wildman–Crippen LogP) is 3.50. The fourth-order valence-electron chi connectivity index (χ4n) is 7.52. The van der Waals surface area contributed by atoms with Crippen LogP contribution < -0.4 is 20.6 Å². The monoisotopic (exact) mass is 610 g/mol. The number of nitrogens with zero attached hydrogens (tertiary/aromatic N) is 6. The lowest BCUT2D eigenvalue weighted by Crippen LogP contribution is -2.54. The number of ether oxygens (including phenoxy) is 1. The van der Waals surface area contributed by atoms with Crippen LogP contribution in [0.3, 0.4) is 0 Å². The summed E-state index contributed by atoms with van der Waals surface area (Å²) in [4.78, 5) is 42.2. The summed E-state index contributed by atoms with van der Waals surface area (Å²) < 4.78 is 23.0. The maximum atomic E-state index is 14.8. The Labute approximate surface area is 250 Å². The van der Waals surface area contributed by atoms with Gasteiger partial charge in [0.25, 0.3) is 0 Å². The van der Waals surface area contributed by atoms with Gasteiger partial charge < -0.3 is 14.5 Å². The predicted molar refractivity (Wildman–Crippen MR) is 164 cm³/mol. The highest BCUT2D eigenvalue weighted by Gasteiger charge is 2.45. The van der Waals surface area contributed by atoms with Crippen LogP contribution in [0.1, 0.15) is 38.2 Å². The molecule has 42 heavy (non-hydrogen) atoms. The van der Waals surface area contributed by atoms with E-state index in [0.717, 1.165) is 44.3 Å².